The quantitative estimate of drug-likeness (QED) is 0.102. The molecular formula is C39H38N8O4. The molecule has 12 nitrogen and oxygen atoms in total. The molecule has 0 spiro atoms. The lowest BCUT2D eigenvalue weighted by Crippen LogP contribution is -2.41. The second-order valence-electron chi connectivity index (χ2n) is 12.0. The molecule has 0 aliphatic rings. The number of H-pyrrole nitrogens is 2. The smallest absolute Gasteiger partial charge is 0.407 e. The number of methoxy groups -OCH3 is 1. The number of aromatic nitrogens is 5. The zero-order valence-corrected chi connectivity index (χ0v) is 28.4. The molecule has 3 aromatic heterocycles. The maximum Gasteiger partial charge on any atom is 0.407 e. The summed E-state index contributed by atoms with van der Waals surface area (Å²) in [4.78, 5) is 57.9. The van der Waals surface area contributed by atoms with Gasteiger partial charge >= 0.3 is 6.09 Å². The van der Waals surface area contributed by atoms with Crippen LogP contribution in [0, 0.1) is 0 Å². The molecule has 5 N–H and O–H groups in total. The predicted octanol–water partition coefficient (Wildman–Crippen LogP) is 6.22. The number of ether oxygens (including phenoxy) is 1. The first-order valence-electron chi connectivity index (χ1n) is 16.5. The molecule has 258 valence electrons. The number of nitrogens with zero attached hydrogens (tertiary/aromatic N) is 3. The van der Waals surface area contributed by atoms with E-state index in [0.29, 0.717) is 23.6 Å². The highest BCUT2D eigenvalue weighted by atomic mass is 16.5. The normalized spacial score (nSPS) is 12.7. The molecule has 12 heteroatoms. The van der Waals surface area contributed by atoms with Crippen LogP contribution in [0.15, 0.2) is 116 Å². The molecule has 0 unspecified atom stereocenters. The van der Waals surface area contributed by atoms with Gasteiger partial charge in [0.25, 0.3) is 0 Å². The van der Waals surface area contributed by atoms with Gasteiger partial charge < -0.3 is 30.7 Å². The van der Waals surface area contributed by atoms with Gasteiger partial charge in [-0.25, -0.2) is 14.8 Å². The van der Waals surface area contributed by atoms with E-state index >= 15 is 0 Å². The number of carbonyl (C=O) groups is 3. The van der Waals surface area contributed by atoms with Gasteiger partial charge in [0.2, 0.25) is 11.8 Å². The Morgan fingerprint density at radius 3 is 1.82 bits per heavy atom. The van der Waals surface area contributed by atoms with Crippen molar-refractivity contribution in [2.24, 2.45) is 0 Å². The molecule has 6 aromatic rings. The Kier molecular flexibility index (Phi) is 10.6. The lowest BCUT2D eigenvalue weighted by molar-refractivity contribution is -0.124. The van der Waals surface area contributed by atoms with E-state index in [9.17, 15) is 14.4 Å². The summed E-state index contributed by atoms with van der Waals surface area (Å²) in [6, 6.07) is 28.7. The Morgan fingerprint density at radius 1 is 0.647 bits per heavy atom. The van der Waals surface area contributed by atoms with Gasteiger partial charge in [-0.15, -0.1) is 0 Å². The molecule has 3 atom stereocenters. The number of carbonyl (C=O) groups excluding carboxylic acids is 3. The SMILES string of the molecule is COC(=O)N[C@@H](C(=O)N[C@@H](C)c1ncc(-c2ccc(-c3ccc(-c4cnc([C@H](C)NC(=O)Cc5ccccc5)[nH]4)cn3)cc2)[nH]1)c1ccccc1. The first kappa shape index (κ1) is 34.3. The molecule has 51 heavy (non-hydrogen) atoms. The maximum atomic E-state index is 13.2. The van der Waals surface area contributed by atoms with Gasteiger partial charge in [0.15, 0.2) is 0 Å². The summed E-state index contributed by atoms with van der Waals surface area (Å²) in [6.45, 7) is 3.71. The van der Waals surface area contributed by atoms with Crippen molar-refractivity contribution < 1.29 is 19.1 Å². The van der Waals surface area contributed by atoms with Crippen LogP contribution in [0.4, 0.5) is 4.79 Å². The third-order valence-corrected chi connectivity index (χ3v) is 8.36. The standard InChI is InChI=1S/C39H38N8O4/c1-24(43-34(48)20-26-10-6-4-7-11-26)36-42-23-33(46-36)30-18-19-31(40-21-30)27-14-16-28(17-15-27)32-22-41-37(45-32)25(2)44-38(49)35(47-39(50)51-3)29-12-8-5-9-13-29/h4-19,21-25,35H,20H2,1-3H3,(H,41,45)(H,42,46)(H,43,48)(H,44,49)(H,47,50)/t24-,25-,35+/m0/s1. The van der Waals surface area contributed by atoms with Crippen LogP contribution in [0.5, 0.6) is 0 Å². The minimum absolute atomic E-state index is 0.0706. The van der Waals surface area contributed by atoms with Crippen molar-refractivity contribution in [1.82, 2.24) is 40.9 Å². The average molecular weight is 683 g/mol. The number of hydrogen-bond donors (Lipinski definition) is 5. The van der Waals surface area contributed by atoms with Crippen LogP contribution in [0.25, 0.3) is 33.8 Å². The van der Waals surface area contributed by atoms with Crippen molar-refractivity contribution in [3.05, 3.63) is 138 Å². The molecule has 3 aromatic carbocycles. The maximum absolute atomic E-state index is 13.2. The zero-order valence-electron chi connectivity index (χ0n) is 28.4. The average Bonchev–Trinajstić information content (AvgIpc) is 3.86. The van der Waals surface area contributed by atoms with Gasteiger partial charge in [-0.2, -0.15) is 0 Å². The highest BCUT2D eigenvalue weighted by Crippen LogP contribution is 2.26. The monoisotopic (exact) mass is 682 g/mol. The number of pyridine rings is 1. The summed E-state index contributed by atoms with van der Waals surface area (Å²) in [5.41, 5.74) is 6.71. The number of rotatable bonds is 12. The van der Waals surface area contributed by atoms with E-state index in [-0.39, 0.29) is 11.9 Å². The summed E-state index contributed by atoms with van der Waals surface area (Å²) in [7, 11) is 1.25. The molecule has 0 aliphatic carbocycles. The second kappa shape index (κ2) is 15.8. The van der Waals surface area contributed by atoms with Crippen LogP contribution in [0.3, 0.4) is 0 Å². The molecule has 0 bridgehead atoms. The van der Waals surface area contributed by atoms with Crippen LogP contribution in [-0.4, -0.2) is 49.9 Å². The highest BCUT2D eigenvalue weighted by Gasteiger charge is 2.25. The van der Waals surface area contributed by atoms with Crippen molar-refractivity contribution >= 4 is 17.9 Å². The molecular weight excluding hydrogens is 644 g/mol. The summed E-state index contributed by atoms with van der Waals surface area (Å²) in [5, 5.41) is 8.52. The molecule has 0 saturated carbocycles. The number of benzene rings is 3. The number of alkyl carbamates (subject to hydrolysis) is 1. The summed E-state index contributed by atoms with van der Waals surface area (Å²) in [6.07, 6.45) is 4.85. The van der Waals surface area contributed by atoms with E-state index < -0.39 is 24.1 Å². The van der Waals surface area contributed by atoms with Gasteiger partial charge in [0.05, 0.1) is 55.1 Å². The van der Waals surface area contributed by atoms with Crippen LogP contribution in [-0.2, 0) is 20.7 Å². The summed E-state index contributed by atoms with van der Waals surface area (Å²) >= 11 is 0. The minimum atomic E-state index is -0.934. The Bertz CT molecular complexity index is 2080. The first-order valence-corrected chi connectivity index (χ1v) is 16.5. The minimum Gasteiger partial charge on any atom is -0.453 e. The third-order valence-electron chi connectivity index (χ3n) is 8.36. The number of aromatic amines is 2. The van der Waals surface area contributed by atoms with Crippen molar-refractivity contribution in [2.75, 3.05) is 7.11 Å². The number of amides is 3. The number of hydrogen-bond acceptors (Lipinski definition) is 7. The highest BCUT2D eigenvalue weighted by molar-refractivity contribution is 5.87. The van der Waals surface area contributed by atoms with Crippen molar-refractivity contribution in [1.29, 1.82) is 0 Å². The van der Waals surface area contributed by atoms with Crippen LogP contribution < -0.4 is 16.0 Å². The largest absolute Gasteiger partial charge is 0.453 e. The summed E-state index contributed by atoms with van der Waals surface area (Å²) < 4.78 is 4.72. The molecule has 0 fully saturated rings. The fraction of sp³-hybridized carbons (Fsp3) is 0.179. The van der Waals surface area contributed by atoms with Crippen molar-refractivity contribution in [3.8, 4) is 33.8 Å². The lowest BCUT2D eigenvalue weighted by atomic mass is 10.1. The number of imidazole rings is 2. The molecule has 0 saturated heterocycles. The Labute approximate surface area is 295 Å². The van der Waals surface area contributed by atoms with Crippen LogP contribution >= 0.6 is 0 Å². The van der Waals surface area contributed by atoms with Crippen molar-refractivity contribution in [2.45, 2.75) is 38.4 Å². The molecule has 0 radical (unpaired) electrons. The van der Waals surface area contributed by atoms with Gasteiger partial charge in [-0.3, -0.25) is 14.6 Å². The molecule has 3 amide bonds. The Morgan fingerprint density at radius 2 is 1.22 bits per heavy atom. The Balaban J connectivity index is 1.06. The van der Waals surface area contributed by atoms with Gasteiger partial charge in [0, 0.05) is 17.3 Å². The molecule has 3 heterocycles. The van der Waals surface area contributed by atoms with Gasteiger partial charge in [-0.1, -0.05) is 84.9 Å². The van der Waals surface area contributed by atoms with E-state index in [1.807, 2.05) is 86.6 Å². The van der Waals surface area contributed by atoms with E-state index in [1.54, 1.807) is 42.9 Å². The van der Waals surface area contributed by atoms with Gasteiger partial charge in [0.1, 0.15) is 17.7 Å². The topological polar surface area (TPSA) is 167 Å². The van der Waals surface area contributed by atoms with Crippen molar-refractivity contribution in [3.63, 3.8) is 0 Å². The molecule has 6 rings (SSSR count). The van der Waals surface area contributed by atoms with Gasteiger partial charge in [-0.05, 0) is 42.7 Å². The molecule has 0 aliphatic heterocycles. The lowest BCUT2D eigenvalue weighted by Gasteiger charge is -2.20. The Hall–Kier alpha value is -6.56. The fourth-order valence-electron chi connectivity index (χ4n) is 5.58. The third kappa shape index (κ3) is 8.54. The van der Waals surface area contributed by atoms with E-state index in [1.165, 1.54) is 7.11 Å². The first-order chi connectivity index (χ1) is 24.8. The summed E-state index contributed by atoms with van der Waals surface area (Å²) in [5.74, 6) is 0.761. The zero-order chi connectivity index (χ0) is 35.7. The fourth-order valence-corrected chi connectivity index (χ4v) is 5.58. The predicted molar refractivity (Wildman–Crippen MR) is 193 cm³/mol. The van der Waals surface area contributed by atoms with E-state index in [4.69, 9.17) is 4.74 Å². The van der Waals surface area contributed by atoms with Crippen LogP contribution in [0.2, 0.25) is 0 Å². The van der Waals surface area contributed by atoms with Crippen LogP contribution in [0.1, 0.15) is 54.7 Å². The second-order valence-corrected chi connectivity index (χ2v) is 12.0. The van der Waals surface area contributed by atoms with E-state index in [2.05, 4.69) is 40.9 Å². The number of nitrogens with one attached hydrogen (secondary N) is 5. The van der Waals surface area contributed by atoms with E-state index in [0.717, 1.165) is 39.3 Å².